The number of hydrogen-bond acceptors (Lipinski definition) is 6. The molecule has 4 rings (SSSR count). The first-order valence-electron chi connectivity index (χ1n) is 10.2. The zero-order valence-corrected chi connectivity index (χ0v) is 19.7. The van der Waals surface area contributed by atoms with Crippen molar-refractivity contribution in [2.75, 3.05) is 10.7 Å². The van der Waals surface area contributed by atoms with Crippen molar-refractivity contribution in [3.8, 4) is 0 Å². The number of thiazole rings is 1. The smallest absolute Gasteiger partial charge is 0.260 e. The lowest BCUT2D eigenvalue weighted by molar-refractivity contribution is 0.0984. The number of sulfone groups is 1. The Kier molecular flexibility index (Phi) is 6.08. The van der Waals surface area contributed by atoms with Crippen LogP contribution in [0.2, 0.25) is 0 Å². The van der Waals surface area contributed by atoms with Crippen molar-refractivity contribution in [2.45, 2.75) is 32.2 Å². The average Bonchev–Trinajstić information content (AvgIpc) is 3.22. The maximum atomic E-state index is 13.6. The molecule has 0 saturated heterocycles. The number of nitrogens with zero attached hydrogens (tertiary/aromatic N) is 3. The van der Waals surface area contributed by atoms with E-state index < -0.39 is 9.84 Å². The number of fused-ring (bicyclic) bond motifs is 1. The van der Waals surface area contributed by atoms with Gasteiger partial charge in [-0.15, -0.1) is 0 Å². The van der Waals surface area contributed by atoms with E-state index in [1.165, 1.54) is 23.5 Å². The van der Waals surface area contributed by atoms with Crippen molar-refractivity contribution in [1.82, 2.24) is 9.97 Å². The maximum absolute atomic E-state index is 13.6. The lowest BCUT2D eigenvalue weighted by atomic mass is 10.1. The van der Waals surface area contributed by atoms with Crippen molar-refractivity contribution < 1.29 is 13.2 Å². The number of hydrogen-bond donors (Lipinski definition) is 0. The highest BCUT2D eigenvalue weighted by Gasteiger charge is 2.24. The minimum atomic E-state index is -3.43. The van der Waals surface area contributed by atoms with Gasteiger partial charge in [-0.2, -0.15) is 0 Å². The van der Waals surface area contributed by atoms with Crippen LogP contribution < -0.4 is 4.90 Å². The first-order chi connectivity index (χ1) is 15.3. The lowest BCUT2D eigenvalue weighted by Gasteiger charge is -2.20. The van der Waals surface area contributed by atoms with Gasteiger partial charge in [0, 0.05) is 11.8 Å². The van der Waals surface area contributed by atoms with Gasteiger partial charge < -0.3 is 0 Å². The lowest BCUT2D eigenvalue weighted by Crippen LogP contribution is -2.30. The Balaban J connectivity index is 1.81. The van der Waals surface area contributed by atoms with Crippen LogP contribution in [0.25, 0.3) is 10.2 Å². The molecule has 8 heteroatoms. The van der Waals surface area contributed by atoms with E-state index in [1.54, 1.807) is 30.2 Å². The fraction of sp³-hybridized carbons (Fsp3) is 0.208. The molecule has 0 aliphatic carbocycles. The Labute approximate surface area is 191 Å². The summed E-state index contributed by atoms with van der Waals surface area (Å²) in [6, 6.07) is 15.8. The molecule has 0 bridgehead atoms. The largest absolute Gasteiger partial charge is 0.278 e. The quantitative estimate of drug-likeness (QED) is 0.403. The van der Waals surface area contributed by atoms with Crippen LogP contribution in [0.1, 0.15) is 34.1 Å². The van der Waals surface area contributed by atoms with E-state index in [9.17, 15) is 13.2 Å². The van der Waals surface area contributed by atoms with Crippen LogP contribution in [-0.2, 0) is 16.4 Å². The summed E-state index contributed by atoms with van der Waals surface area (Å²) in [6.45, 7) is 5.86. The fourth-order valence-electron chi connectivity index (χ4n) is 3.51. The summed E-state index contributed by atoms with van der Waals surface area (Å²) in [5, 5.41) is 0.549. The van der Waals surface area contributed by atoms with Gasteiger partial charge in [-0.25, -0.2) is 13.4 Å². The fourth-order valence-corrected chi connectivity index (χ4v) is 5.44. The number of carbonyl (C=O) groups excluding carboxylic acids is 1. The maximum Gasteiger partial charge on any atom is 0.260 e. The standard InChI is InChI=1S/C24H23N3O3S2/c1-4-32(29,30)20-10-7-8-18(14-20)23(28)27(15-19-9-5-6-11-25-19)24-26-21-13-16(2)12-17(3)22(21)31-24/h5-14H,4,15H2,1-3H3. The molecular formula is C24H23N3O3S2. The summed E-state index contributed by atoms with van der Waals surface area (Å²) >= 11 is 1.45. The van der Waals surface area contributed by atoms with E-state index in [2.05, 4.69) is 11.1 Å². The molecule has 4 aromatic rings. The van der Waals surface area contributed by atoms with Crippen LogP contribution in [0, 0.1) is 13.8 Å². The number of aromatic nitrogens is 2. The Morgan fingerprint density at radius 3 is 2.59 bits per heavy atom. The highest BCUT2D eigenvalue weighted by atomic mass is 32.2. The summed E-state index contributed by atoms with van der Waals surface area (Å²) in [7, 11) is -3.43. The van der Waals surface area contributed by atoms with E-state index in [0.29, 0.717) is 16.4 Å². The van der Waals surface area contributed by atoms with Gasteiger partial charge in [0.15, 0.2) is 15.0 Å². The van der Waals surface area contributed by atoms with Gasteiger partial charge in [0.05, 0.1) is 33.1 Å². The average molecular weight is 466 g/mol. The molecule has 6 nitrogen and oxygen atoms in total. The van der Waals surface area contributed by atoms with Crippen molar-refractivity contribution in [2.24, 2.45) is 0 Å². The molecule has 2 aromatic heterocycles. The topological polar surface area (TPSA) is 80.2 Å². The van der Waals surface area contributed by atoms with Gasteiger partial charge in [0.2, 0.25) is 0 Å². The normalized spacial score (nSPS) is 11.6. The number of amides is 1. The predicted molar refractivity (Wildman–Crippen MR) is 128 cm³/mol. The molecule has 0 aliphatic rings. The van der Waals surface area contributed by atoms with Crippen LogP contribution in [0.4, 0.5) is 5.13 Å². The van der Waals surface area contributed by atoms with E-state index in [0.717, 1.165) is 21.3 Å². The third-order valence-electron chi connectivity index (χ3n) is 5.15. The molecule has 0 saturated carbocycles. The second-order valence-electron chi connectivity index (χ2n) is 7.57. The van der Waals surface area contributed by atoms with Gasteiger partial charge in [-0.05, 0) is 61.4 Å². The van der Waals surface area contributed by atoms with E-state index in [4.69, 9.17) is 4.98 Å². The molecule has 0 N–H and O–H groups in total. The van der Waals surface area contributed by atoms with Crippen LogP contribution in [-0.4, -0.2) is 30.0 Å². The number of aryl methyl sites for hydroxylation is 2. The number of rotatable bonds is 6. The minimum absolute atomic E-state index is 0.0290. The highest BCUT2D eigenvalue weighted by molar-refractivity contribution is 7.91. The molecule has 0 spiro atoms. The van der Waals surface area contributed by atoms with Crippen molar-refractivity contribution in [3.63, 3.8) is 0 Å². The molecule has 2 aromatic carbocycles. The first kappa shape index (κ1) is 22.1. The monoisotopic (exact) mass is 465 g/mol. The van der Waals surface area contributed by atoms with Crippen molar-refractivity contribution in [1.29, 1.82) is 0 Å². The summed E-state index contributed by atoms with van der Waals surface area (Å²) < 4.78 is 25.7. The van der Waals surface area contributed by atoms with Gasteiger partial charge in [0.25, 0.3) is 5.91 Å². The summed E-state index contributed by atoms with van der Waals surface area (Å²) in [5.74, 6) is -0.351. The third kappa shape index (κ3) is 4.42. The Morgan fingerprint density at radius 1 is 1.06 bits per heavy atom. The van der Waals surface area contributed by atoms with E-state index in [-0.39, 0.29) is 23.1 Å². The zero-order valence-electron chi connectivity index (χ0n) is 18.1. The zero-order chi connectivity index (χ0) is 22.9. The van der Waals surface area contributed by atoms with Crippen molar-refractivity contribution >= 4 is 42.4 Å². The SMILES string of the molecule is CCS(=O)(=O)c1cccc(C(=O)N(Cc2ccccn2)c2nc3cc(C)cc(C)c3s2)c1. The predicted octanol–water partition coefficient (Wildman–Crippen LogP) is 4.95. The second kappa shape index (κ2) is 8.80. The van der Waals surface area contributed by atoms with Gasteiger partial charge in [-0.3, -0.25) is 14.7 Å². The van der Waals surface area contributed by atoms with Gasteiger partial charge in [-0.1, -0.05) is 36.5 Å². The molecule has 2 heterocycles. The molecular weight excluding hydrogens is 442 g/mol. The molecule has 0 unspecified atom stereocenters. The highest BCUT2D eigenvalue weighted by Crippen LogP contribution is 2.33. The molecule has 32 heavy (non-hydrogen) atoms. The molecule has 164 valence electrons. The van der Waals surface area contributed by atoms with Gasteiger partial charge in [0.1, 0.15) is 0 Å². The summed E-state index contributed by atoms with van der Waals surface area (Å²) in [6.07, 6.45) is 1.68. The number of pyridine rings is 1. The Morgan fingerprint density at radius 2 is 1.88 bits per heavy atom. The summed E-state index contributed by atoms with van der Waals surface area (Å²) in [5.41, 5.74) is 4.05. The molecule has 0 atom stereocenters. The Bertz CT molecular complexity index is 1400. The number of anilines is 1. The van der Waals surface area contributed by atoms with E-state index >= 15 is 0 Å². The van der Waals surface area contributed by atoms with Crippen molar-refractivity contribution in [3.05, 3.63) is 83.2 Å². The van der Waals surface area contributed by atoms with Crippen LogP contribution in [0.3, 0.4) is 0 Å². The molecule has 1 amide bonds. The molecule has 0 radical (unpaired) electrons. The third-order valence-corrected chi connectivity index (χ3v) is 8.11. The van der Waals surface area contributed by atoms with Gasteiger partial charge >= 0.3 is 0 Å². The first-order valence-corrected chi connectivity index (χ1v) is 12.7. The Hall–Kier alpha value is -3.10. The summed E-state index contributed by atoms with van der Waals surface area (Å²) in [4.78, 5) is 24.4. The van der Waals surface area contributed by atoms with Crippen LogP contribution >= 0.6 is 11.3 Å². The van der Waals surface area contributed by atoms with Crippen LogP contribution in [0.5, 0.6) is 0 Å². The second-order valence-corrected chi connectivity index (χ2v) is 10.8. The van der Waals surface area contributed by atoms with Crippen LogP contribution in [0.15, 0.2) is 65.7 Å². The minimum Gasteiger partial charge on any atom is -0.278 e. The van der Waals surface area contributed by atoms with E-state index in [1.807, 2.05) is 38.1 Å². The number of carbonyl (C=O) groups is 1. The molecule has 0 fully saturated rings. The number of benzene rings is 2. The molecule has 0 aliphatic heterocycles.